The molecular formula is C14H22N2O2S. The fourth-order valence-electron chi connectivity index (χ4n) is 2.49. The second kappa shape index (κ2) is 5.61. The number of benzene rings is 1. The van der Waals surface area contributed by atoms with Gasteiger partial charge in [0.15, 0.2) is 0 Å². The molecule has 0 atom stereocenters. The zero-order valence-electron chi connectivity index (χ0n) is 11.8. The predicted octanol–water partition coefficient (Wildman–Crippen LogP) is 1.98. The van der Waals surface area contributed by atoms with Gasteiger partial charge in [-0.2, -0.15) is 17.0 Å². The first-order valence-electron chi connectivity index (χ1n) is 6.65. The van der Waals surface area contributed by atoms with Crippen molar-refractivity contribution in [3.8, 4) is 0 Å². The standard InChI is InChI=1S/C14H22N2O2S/c1-12-4-6-13(7-5-12)14-8-10-16(11-9-14)19(17,18)15(2)3/h4-7,14H,8-11H2,1-3H3. The van der Waals surface area contributed by atoms with Crippen LogP contribution in [0.15, 0.2) is 24.3 Å². The summed E-state index contributed by atoms with van der Waals surface area (Å²) in [5.41, 5.74) is 2.59. The molecule has 2 rings (SSSR count). The highest BCUT2D eigenvalue weighted by atomic mass is 32.2. The Labute approximate surface area is 116 Å². The summed E-state index contributed by atoms with van der Waals surface area (Å²) in [4.78, 5) is 0. The van der Waals surface area contributed by atoms with E-state index in [1.54, 1.807) is 18.4 Å². The number of nitrogens with zero attached hydrogens (tertiary/aromatic N) is 2. The molecule has 0 radical (unpaired) electrons. The van der Waals surface area contributed by atoms with Crippen LogP contribution in [0.5, 0.6) is 0 Å². The molecule has 19 heavy (non-hydrogen) atoms. The minimum absolute atomic E-state index is 0.481. The van der Waals surface area contributed by atoms with Crippen LogP contribution in [0.1, 0.15) is 29.9 Å². The molecule has 1 fully saturated rings. The summed E-state index contributed by atoms with van der Waals surface area (Å²) in [6.07, 6.45) is 1.80. The van der Waals surface area contributed by atoms with E-state index in [9.17, 15) is 8.42 Å². The van der Waals surface area contributed by atoms with Gasteiger partial charge >= 0.3 is 0 Å². The summed E-state index contributed by atoms with van der Waals surface area (Å²) in [5, 5.41) is 0. The molecule has 0 amide bonds. The number of aryl methyl sites for hydroxylation is 1. The number of piperidine rings is 1. The molecule has 0 aromatic heterocycles. The van der Waals surface area contributed by atoms with Crippen LogP contribution in [0, 0.1) is 6.92 Å². The van der Waals surface area contributed by atoms with Crippen molar-refractivity contribution in [2.45, 2.75) is 25.7 Å². The van der Waals surface area contributed by atoms with E-state index in [0.717, 1.165) is 12.8 Å². The Bertz CT molecular complexity index is 515. The molecule has 1 aromatic carbocycles. The Balaban J connectivity index is 2.02. The zero-order chi connectivity index (χ0) is 14.0. The third-order valence-electron chi connectivity index (χ3n) is 3.79. The van der Waals surface area contributed by atoms with E-state index in [1.807, 2.05) is 0 Å². The lowest BCUT2D eigenvalue weighted by molar-refractivity contribution is 0.302. The van der Waals surface area contributed by atoms with E-state index < -0.39 is 10.2 Å². The van der Waals surface area contributed by atoms with Crippen molar-refractivity contribution in [1.82, 2.24) is 8.61 Å². The quantitative estimate of drug-likeness (QED) is 0.850. The summed E-state index contributed by atoms with van der Waals surface area (Å²) in [7, 11) is -0.0762. The van der Waals surface area contributed by atoms with Crippen LogP contribution in [0.2, 0.25) is 0 Å². The first-order valence-corrected chi connectivity index (χ1v) is 8.05. The van der Waals surface area contributed by atoms with Crippen molar-refractivity contribution < 1.29 is 8.42 Å². The highest BCUT2D eigenvalue weighted by molar-refractivity contribution is 7.86. The van der Waals surface area contributed by atoms with E-state index in [0.29, 0.717) is 19.0 Å². The molecule has 1 aliphatic rings. The smallest absolute Gasteiger partial charge is 0.195 e. The maximum atomic E-state index is 12.0. The van der Waals surface area contributed by atoms with Gasteiger partial charge in [-0.25, -0.2) is 0 Å². The molecule has 5 heteroatoms. The molecule has 106 valence electrons. The Morgan fingerprint density at radius 3 is 2.11 bits per heavy atom. The number of rotatable bonds is 3. The lowest BCUT2D eigenvalue weighted by Crippen LogP contribution is -2.44. The van der Waals surface area contributed by atoms with E-state index >= 15 is 0 Å². The Morgan fingerprint density at radius 2 is 1.63 bits per heavy atom. The van der Waals surface area contributed by atoms with Gasteiger partial charge in [-0.05, 0) is 31.2 Å². The topological polar surface area (TPSA) is 40.6 Å². The predicted molar refractivity (Wildman–Crippen MR) is 77.3 cm³/mol. The minimum atomic E-state index is -3.25. The van der Waals surface area contributed by atoms with Crippen LogP contribution < -0.4 is 0 Å². The summed E-state index contributed by atoms with van der Waals surface area (Å²) < 4.78 is 26.9. The highest BCUT2D eigenvalue weighted by Crippen LogP contribution is 2.29. The molecule has 0 bridgehead atoms. The molecule has 1 aliphatic heterocycles. The third kappa shape index (κ3) is 3.16. The van der Waals surface area contributed by atoms with Gasteiger partial charge in [-0.15, -0.1) is 0 Å². The summed E-state index contributed by atoms with van der Waals surface area (Å²) in [6.45, 7) is 3.30. The summed E-state index contributed by atoms with van der Waals surface area (Å²) >= 11 is 0. The number of hydrogen-bond acceptors (Lipinski definition) is 2. The molecule has 0 aliphatic carbocycles. The molecule has 0 saturated carbocycles. The largest absolute Gasteiger partial charge is 0.281 e. The van der Waals surface area contributed by atoms with Gasteiger partial charge in [0.1, 0.15) is 0 Å². The second-order valence-corrected chi connectivity index (χ2v) is 7.52. The maximum absolute atomic E-state index is 12.0. The van der Waals surface area contributed by atoms with E-state index in [-0.39, 0.29) is 0 Å². The van der Waals surface area contributed by atoms with Crippen molar-refractivity contribution in [2.75, 3.05) is 27.2 Å². The van der Waals surface area contributed by atoms with E-state index in [2.05, 4.69) is 31.2 Å². The van der Waals surface area contributed by atoms with Crippen LogP contribution in [-0.2, 0) is 10.2 Å². The minimum Gasteiger partial charge on any atom is -0.195 e. The summed E-state index contributed by atoms with van der Waals surface area (Å²) in [6, 6.07) is 8.57. The Hall–Kier alpha value is -0.910. The van der Waals surface area contributed by atoms with E-state index in [1.165, 1.54) is 15.4 Å². The van der Waals surface area contributed by atoms with Crippen molar-refractivity contribution >= 4 is 10.2 Å². The van der Waals surface area contributed by atoms with Gasteiger partial charge in [0, 0.05) is 27.2 Å². The Kier molecular flexibility index (Phi) is 4.28. The van der Waals surface area contributed by atoms with Crippen LogP contribution >= 0.6 is 0 Å². The monoisotopic (exact) mass is 282 g/mol. The van der Waals surface area contributed by atoms with Gasteiger partial charge < -0.3 is 0 Å². The van der Waals surface area contributed by atoms with Crippen molar-refractivity contribution in [3.05, 3.63) is 35.4 Å². The second-order valence-electron chi connectivity index (χ2n) is 5.37. The molecule has 1 heterocycles. The van der Waals surface area contributed by atoms with Gasteiger partial charge in [0.05, 0.1) is 0 Å². The fourth-order valence-corrected chi connectivity index (χ4v) is 3.62. The fraction of sp³-hybridized carbons (Fsp3) is 0.571. The molecule has 1 aromatic rings. The molecule has 1 saturated heterocycles. The van der Waals surface area contributed by atoms with Crippen LogP contribution in [0.3, 0.4) is 0 Å². The first kappa shape index (κ1) is 14.5. The zero-order valence-corrected chi connectivity index (χ0v) is 12.7. The normalized spacial score (nSPS) is 18.9. The van der Waals surface area contributed by atoms with Gasteiger partial charge in [0.25, 0.3) is 10.2 Å². The van der Waals surface area contributed by atoms with Crippen LogP contribution in [-0.4, -0.2) is 44.2 Å². The van der Waals surface area contributed by atoms with E-state index in [4.69, 9.17) is 0 Å². The molecule has 4 nitrogen and oxygen atoms in total. The van der Waals surface area contributed by atoms with Crippen molar-refractivity contribution in [3.63, 3.8) is 0 Å². The van der Waals surface area contributed by atoms with Crippen molar-refractivity contribution in [1.29, 1.82) is 0 Å². The van der Waals surface area contributed by atoms with Crippen LogP contribution in [0.4, 0.5) is 0 Å². The molecule has 0 N–H and O–H groups in total. The third-order valence-corrected chi connectivity index (χ3v) is 5.73. The molecule has 0 unspecified atom stereocenters. The number of hydrogen-bond donors (Lipinski definition) is 0. The molecular weight excluding hydrogens is 260 g/mol. The SMILES string of the molecule is Cc1ccc(C2CCN(S(=O)(=O)N(C)C)CC2)cc1. The van der Waals surface area contributed by atoms with Gasteiger partial charge in [-0.3, -0.25) is 0 Å². The molecule has 0 spiro atoms. The lowest BCUT2D eigenvalue weighted by atomic mass is 9.90. The highest BCUT2D eigenvalue weighted by Gasteiger charge is 2.29. The average molecular weight is 282 g/mol. The summed E-state index contributed by atoms with van der Waals surface area (Å²) in [5.74, 6) is 0.481. The van der Waals surface area contributed by atoms with Gasteiger partial charge in [-0.1, -0.05) is 29.8 Å². The lowest BCUT2D eigenvalue weighted by Gasteiger charge is -2.33. The van der Waals surface area contributed by atoms with Gasteiger partial charge in [0.2, 0.25) is 0 Å². The Morgan fingerprint density at radius 1 is 1.11 bits per heavy atom. The first-order chi connectivity index (χ1) is 8.91. The average Bonchev–Trinajstić information content (AvgIpc) is 2.39. The van der Waals surface area contributed by atoms with Crippen molar-refractivity contribution in [2.24, 2.45) is 0 Å². The van der Waals surface area contributed by atoms with Crippen LogP contribution in [0.25, 0.3) is 0 Å². The maximum Gasteiger partial charge on any atom is 0.281 e.